The number of aryl methyl sites for hydroxylation is 1. The lowest BCUT2D eigenvalue weighted by molar-refractivity contribution is 0.0663. The molecule has 1 aliphatic heterocycles. The number of nitrogens with zero attached hydrogens (tertiary/aromatic N) is 3. The van der Waals surface area contributed by atoms with E-state index in [1.54, 1.807) is 0 Å². The van der Waals surface area contributed by atoms with E-state index in [1.165, 1.54) is 30.6 Å². The van der Waals surface area contributed by atoms with Crippen LogP contribution < -0.4 is 0 Å². The molecule has 0 saturated carbocycles. The molecule has 0 aromatic carbocycles. The molecule has 1 aromatic heterocycles. The largest absolute Gasteiger partial charge is 0.336 e. The van der Waals surface area contributed by atoms with Crippen molar-refractivity contribution in [2.75, 3.05) is 13.1 Å². The van der Waals surface area contributed by atoms with Gasteiger partial charge in [0.25, 0.3) is 5.91 Å². The summed E-state index contributed by atoms with van der Waals surface area (Å²) in [7, 11) is 0. The Morgan fingerprint density at radius 2 is 2.26 bits per heavy atom. The van der Waals surface area contributed by atoms with Crippen molar-refractivity contribution in [2.24, 2.45) is 11.8 Å². The second-order valence-electron chi connectivity index (χ2n) is 5.86. The van der Waals surface area contributed by atoms with E-state index in [-0.39, 0.29) is 5.91 Å². The van der Waals surface area contributed by atoms with E-state index >= 15 is 0 Å². The highest BCUT2D eigenvalue weighted by molar-refractivity contribution is 7.13. The summed E-state index contributed by atoms with van der Waals surface area (Å²) in [5, 5.41) is 9.30. The van der Waals surface area contributed by atoms with Gasteiger partial charge in [-0.3, -0.25) is 4.79 Å². The first-order valence-corrected chi connectivity index (χ1v) is 7.97. The number of aromatic nitrogens is 2. The number of hydrogen-bond acceptors (Lipinski definition) is 4. The minimum Gasteiger partial charge on any atom is -0.336 e. The normalized spacial score (nSPS) is 20.0. The van der Waals surface area contributed by atoms with Crippen LogP contribution in [0.25, 0.3) is 0 Å². The predicted octanol–water partition coefficient (Wildman–Crippen LogP) is 3.13. The maximum atomic E-state index is 12.3. The van der Waals surface area contributed by atoms with Gasteiger partial charge in [-0.15, -0.1) is 10.2 Å². The molecule has 1 fully saturated rings. The molecule has 2 heterocycles. The zero-order valence-electron chi connectivity index (χ0n) is 12.1. The van der Waals surface area contributed by atoms with Crippen molar-refractivity contribution >= 4 is 17.2 Å². The van der Waals surface area contributed by atoms with Crippen LogP contribution in [-0.4, -0.2) is 34.1 Å². The van der Waals surface area contributed by atoms with E-state index in [9.17, 15) is 4.79 Å². The lowest BCUT2D eigenvalue weighted by atomic mass is 9.91. The van der Waals surface area contributed by atoms with Gasteiger partial charge in [0.15, 0.2) is 0 Å². The van der Waals surface area contributed by atoms with Crippen LogP contribution >= 0.6 is 11.3 Å². The summed E-state index contributed by atoms with van der Waals surface area (Å²) < 4.78 is 0. The summed E-state index contributed by atoms with van der Waals surface area (Å²) in [5.74, 6) is 1.48. The van der Waals surface area contributed by atoms with Crippen LogP contribution in [0.2, 0.25) is 0 Å². The van der Waals surface area contributed by atoms with Gasteiger partial charge in [-0.1, -0.05) is 31.6 Å². The van der Waals surface area contributed by atoms with Crippen LogP contribution in [-0.2, 0) is 0 Å². The third-order valence-electron chi connectivity index (χ3n) is 3.67. The summed E-state index contributed by atoms with van der Waals surface area (Å²) in [6.45, 7) is 8.17. The zero-order chi connectivity index (χ0) is 13.8. The lowest BCUT2D eigenvalue weighted by Gasteiger charge is -2.32. The third-order valence-corrected chi connectivity index (χ3v) is 4.49. The predicted molar refractivity (Wildman–Crippen MR) is 77.3 cm³/mol. The molecule has 0 bridgehead atoms. The van der Waals surface area contributed by atoms with Crippen LogP contribution in [0, 0.1) is 18.8 Å². The maximum absolute atomic E-state index is 12.3. The molecule has 106 valence electrons. The third kappa shape index (κ3) is 4.00. The van der Waals surface area contributed by atoms with Crippen molar-refractivity contribution < 1.29 is 4.79 Å². The molecule has 0 unspecified atom stereocenters. The molecule has 2 rings (SSSR count). The highest BCUT2D eigenvalue weighted by atomic mass is 32.1. The molecule has 19 heavy (non-hydrogen) atoms. The molecule has 0 N–H and O–H groups in total. The number of amides is 1. The fourth-order valence-corrected chi connectivity index (χ4v) is 3.23. The average molecular weight is 281 g/mol. The van der Waals surface area contributed by atoms with E-state index < -0.39 is 0 Å². The minimum atomic E-state index is 0.0693. The molecule has 0 radical (unpaired) electrons. The van der Waals surface area contributed by atoms with Crippen LogP contribution in [0.1, 0.15) is 54.3 Å². The monoisotopic (exact) mass is 281 g/mol. The highest BCUT2D eigenvalue weighted by Gasteiger charge is 2.26. The van der Waals surface area contributed by atoms with E-state index in [0.29, 0.717) is 10.9 Å². The summed E-state index contributed by atoms with van der Waals surface area (Å²) in [6, 6.07) is 0. The van der Waals surface area contributed by atoms with Crippen molar-refractivity contribution in [1.82, 2.24) is 15.1 Å². The number of piperidine rings is 1. The lowest BCUT2D eigenvalue weighted by Crippen LogP contribution is -2.40. The Morgan fingerprint density at radius 3 is 2.89 bits per heavy atom. The Morgan fingerprint density at radius 1 is 1.47 bits per heavy atom. The first kappa shape index (κ1) is 14.4. The van der Waals surface area contributed by atoms with Gasteiger partial charge in [0.2, 0.25) is 5.01 Å². The SMILES string of the molecule is Cc1nnc(C(=O)N2CCC[C@@H](CCC(C)C)C2)s1. The van der Waals surface area contributed by atoms with Crippen molar-refractivity contribution in [1.29, 1.82) is 0 Å². The Hall–Kier alpha value is -0.970. The molecule has 5 heteroatoms. The Balaban J connectivity index is 1.91. The van der Waals surface area contributed by atoms with Crippen LogP contribution in [0.4, 0.5) is 0 Å². The molecule has 1 amide bonds. The van der Waals surface area contributed by atoms with Crippen LogP contribution in [0.3, 0.4) is 0 Å². The molecule has 1 aromatic rings. The van der Waals surface area contributed by atoms with E-state index in [1.807, 2.05) is 11.8 Å². The number of rotatable bonds is 4. The van der Waals surface area contributed by atoms with Crippen molar-refractivity contribution in [2.45, 2.75) is 46.5 Å². The summed E-state index contributed by atoms with van der Waals surface area (Å²) in [5.41, 5.74) is 0. The highest BCUT2D eigenvalue weighted by Crippen LogP contribution is 2.24. The second-order valence-corrected chi connectivity index (χ2v) is 7.04. The topological polar surface area (TPSA) is 46.1 Å². The van der Waals surface area contributed by atoms with Gasteiger partial charge in [-0.2, -0.15) is 0 Å². The quantitative estimate of drug-likeness (QED) is 0.851. The number of carbonyl (C=O) groups excluding carboxylic acids is 1. The van der Waals surface area contributed by atoms with Gasteiger partial charge in [-0.25, -0.2) is 0 Å². The van der Waals surface area contributed by atoms with Crippen molar-refractivity contribution in [3.8, 4) is 0 Å². The summed E-state index contributed by atoms with van der Waals surface area (Å²) in [6.07, 6.45) is 4.86. The fourth-order valence-electron chi connectivity index (χ4n) is 2.57. The van der Waals surface area contributed by atoms with Gasteiger partial charge in [0.1, 0.15) is 5.01 Å². The molecule has 1 aliphatic rings. The molecule has 1 saturated heterocycles. The maximum Gasteiger partial charge on any atom is 0.284 e. The Labute approximate surface area is 119 Å². The van der Waals surface area contributed by atoms with E-state index in [4.69, 9.17) is 0 Å². The molecule has 1 atom stereocenters. The molecular formula is C14H23N3OS. The number of hydrogen-bond donors (Lipinski definition) is 0. The number of likely N-dealkylation sites (tertiary alicyclic amines) is 1. The fraction of sp³-hybridized carbons (Fsp3) is 0.786. The zero-order valence-corrected chi connectivity index (χ0v) is 12.9. The molecule has 0 aliphatic carbocycles. The minimum absolute atomic E-state index is 0.0693. The van der Waals surface area contributed by atoms with Gasteiger partial charge in [0, 0.05) is 13.1 Å². The second kappa shape index (κ2) is 6.46. The Kier molecular flexibility index (Phi) is 4.91. The van der Waals surface area contributed by atoms with Crippen LogP contribution in [0.5, 0.6) is 0 Å². The molecular weight excluding hydrogens is 258 g/mol. The summed E-state index contributed by atoms with van der Waals surface area (Å²) in [4.78, 5) is 14.3. The van der Waals surface area contributed by atoms with Crippen LogP contribution in [0.15, 0.2) is 0 Å². The van der Waals surface area contributed by atoms with Gasteiger partial charge >= 0.3 is 0 Å². The Bertz CT molecular complexity index is 430. The van der Waals surface area contributed by atoms with Gasteiger partial charge in [0.05, 0.1) is 0 Å². The van der Waals surface area contributed by atoms with Crippen molar-refractivity contribution in [3.63, 3.8) is 0 Å². The molecule has 4 nitrogen and oxygen atoms in total. The molecule has 0 spiro atoms. The van der Waals surface area contributed by atoms with E-state index in [2.05, 4.69) is 24.0 Å². The smallest absolute Gasteiger partial charge is 0.284 e. The van der Waals surface area contributed by atoms with E-state index in [0.717, 1.165) is 30.4 Å². The first-order valence-electron chi connectivity index (χ1n) is 7.15. The first-order chi connectivity index (χ1) is 9.06. The van der Waals surface area contributed by atoms with Crippen molar-refractivity contribution in [3.05, 3.63) is 10.0 Å². The van der Waals surface area contributed by atoms with Gasteiger partial charge in [-0.05, 0) is 38.0 Å². The summed E-state index contributed by atoms with van der Waals surface area (Å²) >= 11 is 1.40. The van der Waals surface area contributed by atoms with Gasteiger partial charge < -0.3 is 4.90 Å². The number of carbonyl (C=O) groups is 1. The average Bonchev–Trinajstić information content (AvgIpc) is 2.82. The standard InChI is InChI=1S/C14H23N3OS/c1-10(2)6-7-12-5-4-8-17(9-12)14(18)13-16-15-11(3)19-13/h10,12H,4-9H2,1-3H3/t12-/m0/s1.